The zero-order valence-electron chi connectivity index (χ0n) is 11.1. The lowest BCUT2D eigenvalue weighted by atomic mass is 10.3. The molecular formula is C13H15BrN2O2S2. The molecule has 7 heteroatoms. The van der Waals surface area contributed by atoms with Gasteiger partial charge >= 0.3 is 0 Å². The molecule has 108 valence electrons. The van der Waals surface area contributed by atoms with Gasteiger partial charge in [0.25, 0.3) is 0 Å². The largest absolute Gasteiger partial charge is 0.398 e. The van der Waals surface area contributed by atoms with Crippen LogP contribution in [0.4, 0.5) is 5.69 Å². The van der Waals surface area contributed by atoms with E-state index in [1.807, 2.05) is 19.9 Å². The molecule has 0 amide bonds. The van der Waals surface area contributed by atoms with Gasteiger partial charge in [-0.1, -0.05) is 15.9 Å². The maximum absolute atomic E-state index is 12.2. The molecule has 0 saturated carbocycles. The number of nitrogen functional groups attached to an aromatic ring is 1. The lowest BCUT2D eigenvalue weighted by Gasteiger charge is -2.08. The third kappa shape index (κ3) is 3.41. The average Bonchev–Trinajstić information content (AvgIpc) is 2.66. The van der Waals surface area contributed by atoms with Crippen molar-refractivity contribution in [3.63, 3.8) is 0 Å². The molecule has 4 nitrogen and oxygen atoms in total. The van der Waals surface area contributed by atoms with Crippen molar-refractivity contribution in [3.8, 4) is 0 Å². The molecule has 0 aliphatic rings. The van der Waals surface area contributed by atoms with E-state index in [-0.39, 0.29) is 17.1 Å². The van der Waals surface area contributed by atoms with Crippen LogP contribution in [0.1, 0.15) is 15.3 Å². The first-order valence-corrected chi connectivity index (χ1v) is 8.99. The Morgan fingerprint density at radius 1 is 1.30 bits per heavy atom. The molecule has 0 radical (unpaired) electrons. The number of sulfonamides is 1. The van der Waals surface area contributed by atoms with Crippen LogP contribution in [-0.4, -0.2) is 8.42 Å². The number of hydrogen-bond donors (Lipinski definition) is 2. The molecular weight excluding hydrogens is 360 g/mol. The van der Waals surface area contributed by atoms with Crippen LogP contribution in [0.5, 0.6) is 0 Å². The Morgan fingerprint density at radius 2 is 2.00 bits per heavy atom. The third-order valence-corrected chi connectivity index (χ3v) is 6.04. The first-order chi connectivity index (χ1) is 9.29. The highest BCUT2D eigenvalue weighted by atomic mass is 79.9. The van der Waals surface area contributed by atoms with E-state index in [2.05, 4.69) is 20.7 Å². The molecule has 0 aliphatic carbocycles. The van der Waals surface area contributed by atoms with Crippen LogP contribution in [0.3, 0.4) is 0 Å². The predicted octanol–water partition coefficient (Wildman–Crippen LogP) is 3.19. The highest BCUT2D eigenvalue weighted by Gasteiger charge is 2.17. The van der Waals surface area contributed by atoms with Crippen molar-refractivity contribution < 1.29 is 8.42 Å². The molecule has 0 bridgehead atoms. The van der Waals surface area contributed by atoms with E-state index in [1.54, 1.807) is 23.5 Å². The van der Waals surface area contributed by atoms with E-state index in [9.17, 15) is 8.42 Å². The zero-order chi connectivity index (χ0) is 14.9. The Kier molecular flexibility index (Phi) is 4.53. The summed E-state index contributed by atoms with van der Waals surface area (Å²) < 4.78 is 27.8. The minimum atomic E-state index is -3.60. The van der Waals surface area contributed by atoms with Gasteiger partial charge < -0.3 is 5.73 Å². The topological polar surface area (TPSA) is 72.2 Å². The van der Waals surface area contributed by atoms with E-state index >= 15 is 0 Å². The minimum absolute atomic E-state index is 0.103. The molecule has 0 atom stereocenters. The summed E-state index contributed by atoms with van der Waals surface area (Å²) in [5.74, 6) is 0. The number of hydrogen-bond acceptors (Lipinski definition) is 4. The normalized spacial score (nSPS) is 11.8. The molecule has 20 heavy (non-hydrogen) atoms. The van der Waals surface area contributed by atoms with Crippen LogP contribution in [0, 0.1) is 13.8 Å². The number of nitrogens with two attached hydrogens (primary N) is 1. The minimum Gasteiger partial charge on any atom is -0.398 e. The number of aryl methyl sites for hydroxylation is 2. The van der Waals surface area contributed by atoms with Gasteiger partial charge in [-0.15, -0.1) is 11.3 Å². The van der Waals surface area contributed by atoms with Gasteiger partial charge in [0.2, 0.25) is 10.0 Å². The molecule has 1 aromatic heterocycles. The standard InChI is InChI=1S/C13H15BrN2O2S2/c1-8-5-11(19-9(8)2)7-16-20(17,18)13-4-3-10(14)6-12(13)15/h3-6,16H,7,15H2,1-2H3. The first-order valence-electron chi connectivity index (χ1n) is 5.90. The van der Waals surface area contributed by atoms with Gasteiger partial charge in [-0.25, -0.2) is 13.1 Å². The second-order valence-electron chi connectivity index (χ2n) is 4.46. The highest BCUT2D eigenvalue weighted by molar-refractivity contribution is 9.10. The number of benzene rings is 1. The summed E-state index contributed by atoms with van der Waals surface area (Å²) in [4.78, 5) is 2.28. The zero-order valence-corrected chi connectivity index (χ0v) is 14.3. The quantitative estimate of drug-likeness (QED) is 0.807. The lowest BCUT2D eigenvalue weighted by molar-refractivity contribution is 0.582. The fourth-order valence-corrected chi connectivity index (χ4v) is 4.33. The molecule has 2 rings (SSSR count). The van der Waals surface area contributed by atoms with Gasteiger partial charge in [0.15, 0.2) is 0 Å². The monoisotopic (exact) mass is 374 g/mol. The fraction of sp³-hybridized carbons (Fsp3) is 0.231. The van der Waals surface area contributed by atoms with Crippen LogP contribution >= 0.6 is 27.3 Å². The first kappa shape index (κ1) is 15.5. The van der Waals surface area contributed by atoms with Gasteiger partial charge in [-0.2, -0.15) is 0 Å². The molecule has 2 aromatic rings. The van der Waals surface area contributed by atoms with E-state index in [0.29, 0.717) is 0 Å². The number of anilines is 1. The summed E-state index contributed by atoms with van der Waals surface area (Å²) in [7, 11) is -3.60. The fourth-order valence-electron chi connectivity index (χ4n) is 1.74. The average molecular weight is 375 g/mol. The Balaban J connectivity index is 2.19. The van der Waals surface area contributed by atoms with Crippen LogP contribution in [0.2, 0.25) is 0 Å². The molecule has 3 N–H and O–H groups in total. The van der Waals surface area contributed by atoms with Crippen molar-refractivity contribution in [2.75, 3.05) is 5.73 Å². The van der Waals surface area contributed by atoms with Gasteiger partial charge in [0.1, 0.15) is 4.90 Å². The maximum Gasteiger partial charge on any atom is 0.242 e. The van der Waals surface area contributed by atoms with E-state index in [4.69, 9.17) is 5.73 Å². The van der Waals surface area contributed by atoms with Crippen molar-refractivity contribution >= 4 is 43.0 Å². The van der Waals surface area contributed by atoms with Gasteiger partial charge in [-0.3, -0.25) is 0 Å². The van der Waals surface area contributed by atoms with Crippen molar-refractivity contribution in [1.29, 1.82) is 0 Å². The second kappa shape index (κ2) is 5.85. The molecule has 1 aromatic carbocycles. The number of thiophene rings is 1. The van der Waals surface area contributed by atoms with Crippen molar-refractivity contribution in [3.05, 3.63) is 44.1 Å². The van der Waals surface area contributed by atoms with Crippen LogP contribution in [-0.2, 0) is 16.6 Å². The Hall–Kier alpha value is -0.890. The number of halogens is 1. The Morgan fingerprint density at radius 3 is 2.55 bits per heavy atom. The Bertz CT molecular complexity index is 719. The summed E-state index contributed by atoms with van der Waals surface area (Å²) in [6, 6.07) is 6.72. The summed E-state index contributed by atoms with van der Waals surface area (Å²) in [6.45, 7) is 4.30. The van der Waals surface area contributed by atoms with Crippen LogP contribution in [0.15, 0.2) is 33.6 Å². The number of rotatable bonds is 4. The SMILES string of the molecule is Cc1cc(CNS(=O)(=O)c2ccc(Br)cc2N)sc1C. The maximum atomic E-state index is 12.2. The van der Waals surface area contributed by atoms with Crippen molar-refractivity contribution in [2.24, 2.45) is 0 Å². The lowest BCUT2D eigenvalue weighted by Crippen LogP contribution is -2.23. The molecule has 1 heterocycles. The predicted molar refractivity (Wildman–Crippen MR) is 86.4 cm³/mol. The summed E-state index contributed by atoms with van der Waals surface area (Å²) in [6.07, 6.45) is 0. The molecule has 0 aliphatic heterocycles. The smallest absolute Gasteiger partial charge is 0.242 e. The van der Waals surface area contributed by atoms with Crippen LogP contribution < -0.4 is 10.5 Å². The van der Waals surface area contributed by atoms with Gasteiger partial charge in [0, 0.05) is 20.8 Å². The van der Waals surface area contributed by atoms with Gasteiger partial charge in [0.05, 0.1) is 5.69 Å². The van der Waals surface area contributed by atoms with E-state index in [0.717, 1.165) is 9.35 Å². The molecule has 0 saturated heterocycles. The van der Waals surface area contributed by atoms with Crippen molar-refractivity contribution in [1.82, 2.24) is 4.72 Å². The molecule has 0 unspecified atom stereocenters. The van der Waals surface area contributed by atoms with Crippen molar-refractivity contribution in [2.45, 2.75) is 25.3 Å². The molecule has 0 spiro atoms. The summed E-state index contributed by atoms with van der Waals surface area (Å²) in [5.41, 5.74) is 7.16. The summed E-state index contributed by atoms with van der Waals surface area (Å²) >= 11 is 4.85. The van der Waals surface area contributed by atoms with E-state index in [1.165, 1.54) is 16.5 Å². The van der Waals surface area contributed by atoms with Gasteiger partial charge in [-0.05, 0) is 43.7 Å². The Labute approximate surface area is 131 Å². The number of nitrogens with one attached hydrogen (secondary N) is 1. The second-order valence-corrected chi connectivity index (χ2v) is 8.45. The van der Waals surface area contributed by atoms with Crippen LogP contribution in [0.25, 0.3) is 0 Å². The molecule has 0 fully saturated rings. The van der Waals surface area contributed by atoms with E-state index < -0.39 is 10.0 Å². The third-order valence-electron chi connectivity index (χ3n) is 2.91. The summed E-state index contributed by atoms with van der Waals surface area (Å²) in [5, 5.41) is 0. The highest BCUT2D eigenvalue weighted by Crippen LogP contribution is 2.24.